The maximum absolute atomic E-state index is 12.4. The summed E-state index contributed by atoms with van der Waals surface area (Å²) in [5.74, 6) is -0.102. The Morgan fingerprint density at radius 1 is 1.05 bits per heavy atom. The van der Waals surface area contributed by atoms with E-state index in [1.54, 1.807) is 19.1 Å². The second kappa shape index (κ2) is 6.10. The number of anilines is 1. The van der Waals surface area contributed by atoms with Crippen LogP contribution in [0.25, 0.3) is 0 Å². The molecule has 1 atom stereocenters. The summed E-state index contributed by atoms with van der Waals surface area (Å²) in [5, 5.41) is 12.4. The second-order valence-corrected chi connectivity index (χ2v) is 5.53. The van der Waals surface area contributed by atoms with Crippen LogP contribution in [0.3, 0.4) is 0 Å². The van der Waals surface area contributed by atoms with Crippen LogP contribution in [-0.4, -0.2) is 11.0 Å². The third kappa shape index (κ3) is 3.50. The molecule has 0 heterocycles. The number of carbonyl (C=O) groups is 1. The minimum absolute atomic E-state index is 0.102. The van der Waals surface area contributed by atoms with Gasteiger partial charge in [-0.3, -0.25) is 4.79 Å². The predicted molar refractivity (Wildman–Crippen MR) is 85.7 cm³/mol. The fraction of sp³-hybridized carbons (Fsp3) is 0.278. The van der Waals surface area contributed by atoms with Crippen molar-refractivity contribution in [3.8, 4) is 0 Å². The third-order valence-electron chi connectivity index (χ3n) is 3.56. The molecule has 0 aliphatic carbocycles. The Labute approximate surface area is 125 Å². The highest BCUT2D eigenvalue weighted by Gasteiger charge is 2.13. The minimum Gasteiger partial charge on any atom is -0.389 e. The minimum atomic E-state index is -0.503. The van der Waals surface area contributed by atoms with Gasteiger partial charge in [0.2, 0.25) is 0 Å². The Kier molecular flexibility index (Phi) is 4.43. The van der Waals surface area contributed by atoms with Gasteiger partial charge in [-0.25, -0.2) is 0 Å². The van der Waals surface area contributed by atoms with Crippen molar-refractivity contribution in [1.29, 1.82) is 0 Å². The molecule has 2 rings (SSSR count). The number of carbonyl (C=O) groups excluding carboxylic acids is 1. The summed E-state index contributed by atoms with van der Waals surface area (Å²) in [4.78, 5) is 12.4. The molecular weight excluding hydrogens is 262 g/mol. The molecule has 0 fully saturated rings. The van der Waals surface area contributed by atoms with E-state index in [0.29, 0.717) is 0 Å². The Morgan fingerprint density at radius 3 is 2.05 bits per heavy atom. The van der Waals surface area contributed by atoms with E-state index in [9.17, 15) is 9.90 Å². The number of nitrogens with one attached hydrogen (secondary N) is 1. The average molecular weight is 283 g/mol. The molecule has 0 aliphatic heterocycles. The van der Waals surface area contributed by atoms with Crippen LogP contribution in [0.5, 0.6) is 0 Å². The lowest BCUT2D eigenvalue weighted by Gasteiger charge is -2.12. The summed E-state index contributed by atoms with van der Waals surface area (Å²) >= 11 is 0. The van der Waals surface area contributed by atoms with Crippen LogP contribution >= 0.6 is 0 Å². The second-order valence-electron chi connectivity index (χ2n) is 5.53. The predicted octanol–water partition coefficient (Wildman–Crippen LogP) is 3.92. The maximum atomic E-state index is 12.4. The lowest BCUT2D eigenvalue weighted by Crippen LogP contribution is -2.15. The van der Waals surface area contributed by atoms with E-state index in [4.69, 9.17) is 0 Å². The van der Waals surface area contributed by atoms with Crippen molar-refractivity contribution in [2.24, 2.45) is 0 Å². The molecule has 0 saturated heterocycles. The van der Waals surface area contributed by atoms with Crippen LogP contribution < -0.4 is 5.32 Å². The fourth-order valence-corrected chi connectivity index (χ4v) is 2.58. The van der Waals surface area contributed by atoms with Gasteiger partial charge in [-0.1, -0.05) is 29.8 Å². The van der Waals surface area contributed by atoms with E-state index in [2.05, 4.69) is 5.32 Å². The molecule has 0 aromatic heterocycles. The van der Waals surface area contributed by atoms with Crippen LogP contribution in [0, 0.1) is 20.8 Å². The number of aliphatic hydroxyl groups excluding tert-OH is 1. The van der Waals surface area contributed by atoms with Gasteiger partial charge in [-0.15, -0.1) is 0 Å². The third-order valence-corrected chi connectivity index (χ3v) is 3.56. The largest absolute Gasteiger partial charge is 0.389 e. The molecule has 0 radical (unpaired) electrons. The number of aryl methyl sites for hydroxylation is 3. The van der Waals surface area contributed by atoms with Crippen molar-refractivity contribution in [2.45, 2.75) is 33.8 Å². The lowest BCUT2D eigenvalue weighted by atomic mass is 9.99. The molecule has 0 saturated carbocycles. The number of hydrogen-bond donors (Lipinski definition) is 2. The van der Waals surface area contributed by atoms with Crippen LogP contribution in [-0.2, 0) is 0 Å². The monoisotopic (exact) mass is 283 g/mol. The highest BCUT2D eigenvalue weighted by atomic mass is 16.3. The summed E-state index contributed by atoms with van der Waals surface area (Å²) < 4.78 is 0. The quantitative estimate of drug-likeness (QED) is 0.897. The van der Waals surface area contributed by atoms with Gasteiger partial charge in [-0.05, 0) is 56.5 Å². The van der Waals surface area contributed by atoms with E-state index in [1.807, 2.05) is 45.0 Å². The summed E-state index contributed by atoms with van der Waals surface area (Å²) in [6.45, 7) is 7.64. The molecule has 2 aromatic rings. The average Bonchev–Trinajstić information content (AvgIpc) is 2.37. The molecule has 1 unspecified atom stereocenters. The van der Waals surface area contributed by atoms with E-state index in [0.717, 1.165) is 33.5 Å². The topological polar surface area (TPSA) is 49.3 Å². The lowest BCUT2D eigenvalue weighted by molar-refractivity contribution is 0.102. The van der Waals surface area contributed by atoms with Crippen LogP contribution in [0.15, 0.2) is 36.4 Å². The van der Waals surface area contributed by atoms with E-state index in [-0.39, 0.29) is 5.91 Å². The Balaban J connectivity index is 2.22. The van der Waals surface area contributed by atoms with Crippen molar-refractivity contribution < 1.29 is 9.90 Å². The van der Waals surface area contributed by atoms with Gasteiger partial charge in [0.25, 0.3) is 5.91 Å². The molecular formula is C18H21NO2. The zero-order chi connectivity index (χ0) is 15.6. The Morgan fingerprint density at radius 2 is 1.57 bits per heavy atom. The first kappa shape index (κ1) is 15.3. The van der Waals surface area contributed by atoms with Crippen LogP contribution in [0.1, 0.15) is 45.6 Å². The van der Waals surface area contributed by atoms with Gasteiger partial charge in [0, 0.05) is 11.3 Å². The summed E-state index contributed by atoms with van der Waals surface area (Å²) in [7, 11) is 0. The standard InChI is InChI=1S/C18H21NO2/c1-11-9-12(2)17(13(3)10-11)18(21)19-16-7-5-15(6-8-16)14(4)20/h5-10,14,20H,1-4H3,(H,19,21). The molecule has 0 aliphatic rings. The van der Waals surface area contributed by atoms with Crippen molar-refractivity contribution in [3.63, 3.8) is 0 Å². The Bertz CT molecular complexity index is 634. The zero-order valence-electron chi connectivity index (χ0n) is 12.9. The van der Waals surface area contributed by atoms with Crippen molar-refractivity contribution >= 4 is 11.6 Å². The van der Waals surface area contributed by atoms with E-state index in [1.165, 1.54) is 0 Å². The first-order valence-corrected chi connectivity index (χ1v) is 7.05. The molecule has 3 nitrogen and oxygen atoms in total. The van der Waals surface area contributed by atoms with Gasteiger partial charge in [0.15, 0.2) is 0 Å². The van der Waals surface area contributed by atoms with Crippen LogP contribution in [0.2, 0.25) is 0 Å². The molecule has 110 valence electrons. The molecule has 2 aromatic carbocycles. The number of hydrogen-bond acceptors (Lipinski definition) is 2. The number of amides is 1. The molecule has 0 spiro atoms. The summed E-state index contributed by atoms with van der Waals surface area (Å²) in [6, 6.07) is 11.3. The maximum Gasteiger partial charge on any atom is 0.256 e. The van der Waals surface area contributed by atoms with Gasteiger partial charge in [0.05, 0.1) is 6.10 Å². The van der Waals surface area contributed by atoms with Gasteiger partial charge in [0.1, 0.15) is 0 Å². The molecule has 0 bridgehead atoms. The molecule has 2 N–H and O–H groups in total. The summed E-state index contributed by atoms with van der Waals surface area (Å²) in [6.07, 6.45) is -0.503. The fourth-order valence-electron chi connectivity index (χ4n) is 2.58. The number of aliphatic hydroxyl groups is 1. The van der Waals surface area contributed by atoms with E-state index >= 15 is 0 Å². The summed E-state index contributed by atoms with van der Waals surface area (Å²) in [5.41, 5.74) is 5.39. The zero-order valence-corrected chi connectivity index (χ0v) is 12.9. The van der Waals surface area contributed by atoms with Crippen LogP contribution in [0.4, 0.5) is 5.69 Å². The molecule has 21 heavy (non-hydrogen) atoms. The highest BCUT2D eigenvalue weighted by Crippen LogP contribution is 2.20. The van der Waals surface area contributed by atoms with Gasteiger partial charge >= 0.3 is 0 Å². The smallest absolute Gasteiger partial charge is 0.256 e. The van der Waals surface area contributed by atoms with Gasteiger partial charge < -0.3 is 10.4 Å². The number of rotatable bonds is 3. The number of benzene rings is 2. The highest BCUT2D eigenvalue weighted by molar-refractivity contribution is 6.06. The van der Waals surface area contributed by atoms with E-state index < -0.39 is 6.10 Å². The molecule has 1 amide bonds. The first-order valence-electron chi connectivity index (χ1n) is 7.05. The van der Waals surface area contributed by atoms with Crippen molar-refractivity contribution in [2.75, 3.05) is 5.32 Å². The van der Waals surface area contributed by atoms with Crippen molar-refractivity contribution in [3.05, 3.63) is 64.2 Å². The van der Waals surface area contributed by atoms with Crippen molar-refractivity contribution in [1.82, 2.24) is 0 Å². The van der Waals surface area contributed by atoms with Gasteiger partial charge in [-0.2, -0.15) is 0 Å². The normalized spacial score (nSPS) is 12.0. The Hall–Kier alpha value is -2.13. The molecule has 3 heteroatoms. The SMILES string of the molecule is Cc1cc(C)c(C(=O)Nc2ccc(C(C)O)cc2)c(C)c1. The first-order chi connectivity index (χ1) is 9.88.